The number of pyridine rings is 1. The molecule has 2 aliphatic heterocycles. The molecule has 5 heteroatoms. The molecule has 0 spiro atoms. The fourth-order valence-electron chi connectivity index (χ4n) is 4.06. The van der Waals surface area contributed by atoms with Crippen LogP contribution in [0.15, 0.2) is 54.9 Å². The van der Waals surface area contributed by atoms with Crippen molar-refractivity contribution in [3.05, 3.63) is 54.9 Å². The molecule has 2 saturated heterocycles. The monoisotopic (exact) mass is 317 g/mol. The van der Waals surface area contributed by atoms with Gasteiger partial charge in [-0.15, -0.1) is 0 Å². The van der Waals surface area contributed by atoms with Gasteiger partial charge in [0, 0.05) is 31.7 Å². The maximum Gasteiger partial charge on any atom is 0.148 e. The van der Waals surface area contributed by atoms with E-state index in [1.807, 2.05) is 42.7 Å². The van der Waals surface area contributed by atoms with Crippen LogP contribution in [0.2, 0.25) is 0 Å². The zero-order valence-corrected chi connectivity index (χ0v) is 13.4. The van der Waals surface area contributed by atoms with Gasteiger partial charge in [-0.3, -0.25) is 4.98 Å². The van der Waals surface area contributed by atoms with Gasteiger partial charge >= 0.3 is 0 Å². The summed E-state index contributed by atoms with van der Waals surface area (Å²) in [6.45, 7) is 3.16. The first kappa shape index (κ1) is 13.7. The van der Waals surface area contributed by atoms with E-state index in [9.17, 15) is 0 Å². The Hall–Kier alpha value is -2.69. The first-order chi connectivity index (χ1) is 11.9. The summed E-state index contributed by atoms with van der Waals surface area (Å²) in [6.07, 6.45) is 5.01. The number of fused-ring (bicyclic) bond motifs is 2. The number of nitrogens with zero attached hydrogens (tertiary/aromatic N) is 5. The third kappa shape index (κ3) is 2.19. The number of para-hydroxylation sites is 2. The average molecular weight is 317 g/mol. The summed E-state index contributed by atoms with van der Waals surface area (Å²) in [6, 6.07) is 14.7. The van der Waals surface area contributed by atoms with Crippen molar-refractivity contribution >= 4 is 22.7 Å². The van der Waals surface area contributed by atoms with Crippen molar-refractivity contribution in [2.75, 3.05) is 29.4 Å². The lowest BCUT2D eigenvalue weighted by molar-refractivity contribution is 0.579. The van der Waals surface area contributed by atoms with Crippen molar-refractivity contribution in [3.63, 3.8) is 0 Å². The van der Waals surface area contributed by atoms with Crippen LogP contribution in [0.3, 0.4) is 0 Å². The predicted molar refractivity (Wildman–Crippen MR) is 95.2 cm³/mol. The quantitative estimate of drug-likeness (QED) is 0.727. The number of benzene rings is 1. The Morgan fingerprint density at radius 3 is 2.62 bits per heavy atom. The van der Waals surface area contributed by atoms with Crippen molar-refractivity contribution in [1.82, 2.24) is 15.0 Å². The lowest BCUT2D eigenvalue weighted by Gasteiger charge is -2.26. The van der Waals surface area contributed by atoms with Gasteiger partial charge < -0.3 is 9.80 Å². The summed E-state index contributed by atoms with van der Waals surface area (Å²) in [5.41, 5.74) is 1.93. The smallest absolute Gasteiger partial charge is 0.148 e. The van der Waals surface area contributed by atoms with E-state index in [0.29, 0.717) is 12.0 Å². The largest absolute Gasteiger partial charge is 0.354 e. The minimum atomic E-state index is 0.502. The van der Waals surface area contributed by atoms with Crippen LogP contribution in [-0.2, 0) is 0 Å². The molecule has 0 N–H and O–H groups in total. The highest BCUT2D eigenvalue weighted by molar-refractivity contribution is 5.75. The zero-order valence-electron chi connectivity index (χ0n) is 13.4. The molecule has 2 unspecified atom stereocenters. The third-order valence-electron chi connectivity index (χ3n) is 5.25. The Bertz CT molecular complexity index is 866. The van der Waals surface area contributed by atoms with Gasteiger partial charge in [0.2, 0.25) is 0 Å². The van der Waals surface area contributed by atoms with Gasteiger partial charge in [0.25, 0.3) is 0 Å². The molecule has 2 fully saturated rings. The molecular weight excluding hydrogens is 298 g/mol. The Kier molecular flexibility index (Phi) is 3.11. The van der Waals surface area contributed by atoms with Crippen LogP contribution in [0.1, 0.15) is 6.42 Å². The van der Waals surface area contributed by atoms with Crippen molar-refractivity contribution in [2.24, 2.45) is 5.92 Å². The molecule has 3 aromatic rings. The van der Waals surface area contributed by atoms with E-state index < -0.39 is 0 Å². The maximum absolute atomic E-state index is 4.84. The van der Waals surface area contributed by atoms with E-state index in [4.69, 9.17) is 4.98 Å². The summed E-state index contributed by atoms with van der Waals surface area (Å²) in [5, 5.41) is 0. The van der Waals surface area contributed by atoms with E-state index in [-0.39, 0.29) is 0 Å². The molecule has 120 valence electrons. The highest BCUT2D eigenvalue weighted by Gasteiger charge is 2.42. The van der Waals surface area contributed by atoms with Gasteiger partial charge in [0.15, 0.2) is 0 Å². The van der Waals surface area contributed by atoms with E-state index in [1.165, 1.54) is 6.42 Å². The molecule has 2 atom stereocenters. The molecule has 5 nitrogen and oxygen atoms in total. The van der Waals surface area contributed by atoms with Gasteiger partial charge in [-0.1, -0.05) is 18.2 Å². The average Bonchev–Trinajstić information content (AvgIpc) is 3.23. The van der Waals surface area contributed by atoms with Crippen LogP contribution < -0.4 is 9.80 Å². The van der Waals surface area contributed by atoms with Crippen LogP contribution in [0, 0.1) is 5.92 Å². The second-order valence-electron chi connectivity index (χ2n) is 6.62. The van der Waals surface area contributed by atoms with Gasteiger partial charge in [0.1, 0.15) is 11.6 Å². The molecule has 0 radical (unpaired) electrons. The molecule has 4 heterocycles. The number of rotatable bonds is 2. The molecule has 1 aromatic carbocycles. The summed E-state index contributed by atoms with van der Waals surface area (Å²) in [7, 11) is 0. The topological polar surface area (TPSA) is 45.2 Å². The third-order valence-corrected chi connectivity index (χ3v) is 5.25. The van der Waals surface area contributed by atoms with Crippen LogP contribution in [-0.4, -0.2) is 40.6 Å². The summed E-state index contributed by atoms with van der Waals surface area (Å²) in [4.78, 5) is 18.8. The normalized spacial score (nSPS) is 23.0. The summed E-state index contributed by atoms with van der Waals surface area (Å²) < 4.78 is 0. The van der Waals surface area contributed by atoms with Crippen molar-refractivity contribution in [3.8, 4) is 0 Å². The summed E-state index contributed by atoms with van der Waals surface area (Å²) >= 11 is 0. The molecule has 2 aromatic heterocycles. The molecular formula is C19H19N5. The highest BCUT2D eigenvalue weighted by atomic mass is 15.3. The molecule has 0 amide bonds. The van der Waals surface area contributed by atoms with E-state index in [2.05, 4.69) is 31.9 Å². The van der Waals surface area contributed by atoms with E-state index >= 15 is 0 Å². The minimum absolute atomic E-state index is 0.502. The van der Waals surface area contributed by atoms with Crippen LogP contribution in [0.5, 0.6) is 0 Å². The van der Waals surface area contributed by atoms with Crippen molar-refractivity contribution in [2.45, 2.75) is 12.5 Å². The van der Waals surface area contributed by atoms with Crippen LogP contribution in [0.25, 0.3) is 11.0 Å². The van der Waals surface area contributed by atoms with Gasteiger partial charge in [-0.05, 0) is 30.7 Å². The number of aromatic nitrogens is 3. The molecule has 5 rings (SSSR count). The van der Waals surface area contributed by atoms with Gasteiger partial charge in [0.05, 0.1) is 23.3 Å². The molecule has 2 aliphatic rings. The first-order valence-corrected chi connectivity index (χ1v) is 8.53. The molecule has 0 aliphatic carbocycles. The summed E-state index contributed by atoms with van der Waals surface area (Å²) in [5.74, 6) is 2.76. The van der Waals surface area contributed by atoms with Crippen molar-refractivity contribution < 1.29 is 0 Å². The standard InChI is InChI=1S/C19H19N5/c1-2-6-16-15(5-1)21-11-19(22-16)24-10-8-14-12-23(13-17(14)24)18-7-3-4-9-20-18/h1-7,9,11,14,17H,8,10,12-13H2. The van der Waals surface area contributed by atoms with E-state index in [1.54, 1.807) is 0 Å². The minimum Gasteiger partial charge on any atom is -0.354 e. The number of anilines is 2. The van der Waals surface area contributed by atoms with Crippen molar-refractivity contribution in [1.29, 1.82) is 0 Å². The SMILES string of the molecule is c1ccc(N2CC3CCN(c4cnc5ccccc5n4)C3C2)nc1. The predicted octanol–water partition coefficient (Wildman–Crippen LogP) is 2.74. The maximum atomic E-state index is 4.84. The molecule has 0 bridgehead atoms. The molecule has 24 heavy (non-hydrogen) atoms. The first-order valence-electron chi connectivity index (χ1n) is 8.53. The van der Waals surface area contributed by atoms with Crippen LogP contribution in [0.4, 0.5) is 11.6 Å². The van der Waals surface area contributed by atoms with E-state index in [0.717, 1.165) is 42.3 Å². The Morgan fingerprint density at radius 2 is 1.75 bits per heavy atom. The number of hydrogen-bond donors (Lipinski definition) is 0. The Balaban J connectivity index is 1.43. The fraction of sp³-hybridized carbons (Fsp3) is 0.316. The lowest BCUT2D eigenvalue weighted by Crippen LogP contribution is -2.36. The zero-order chi connectivity index (χ0) is 15.9. The fourth-order valence-corrected chi connectivity index (χ4v) is 4.06. The number of hydrogen-bond acceptors (Lipinski definition) is 5. The van der Waals surface area contributed by atoms with Gasteiger partial charge in [-0.2, -0.15) is 0 Å². The van der Waals surface area contributed by atoms with Gasteiger partial charge in [-0.25, -0.2) is 9.97 Å². The Morgan fingerprint density at radius 1 is 0.875 bits per heavy atom. The van der Waals surface area contributed by atoms with Crippen LogP contribution >= 0.6 is 0 Å². The Labute approximate surface area is 141 Å². The second-order valence-corrected chi connectivity index (χ2v) is 6.62. The lowest BCUT2D eigenvalue weighted by atomic mass is 10.1. The molecule has 0 saturated carbocycles. The second kappa shape index (κ2) is 5.44. The highest BCUT2D eigenvalue weighted by Crippen LogP contribution is 2.35.